The van der Waals surface area contributed by atoms with Crippen LogP contribution < -0.4 is 0 Å². The van der Waals surface area contributed by atoms with Crippen molar-refractivity contribution in [2.24, 2.45) is 5.41 Å². The Balaban J connectivity index is 1.42. The minimum atomic E-state index is -0.312. The lowest BCUT2D eigenvalue weighted by atomic mass is 9.89. The topological polar surface area (TPSA) is 36.9 Å². The first kappa shape index (κ1) is 18.6. The van der Waals surface area contributed by atoms with E-state index < -0.39 is 0 Å². The summed E-state index contributed by atoms with van der Waals surface area (Å²) in [6.07, 6.45) is -0.624. The number of rotatable bonds is 2. The largest absolute Gasteiger partial charge is 0.348 e. The highest BCUT2D eigenvalue weighted by atomic mass is 16.7. The third-order valence-corrected chi connectivity index (χ3v) is 5.72. The summed E-state index contributed by atoms with van der Waals surface area (Å²) < 4.78 is 24.5. The standard InChI is InChI=1S/C23H28O4/c1-15-7-5-8-16(2)19(15)21-24-11-23(12-25-21)13-26-22(27-14-23)20-17(3)9-6-10-18(20)4/h5-10,21-22H,11-14H2,1-4H3. The summed E-state index contributed by atoms with van der Waals surface area (Å²) in [4.78, 5) is 0. The number of benzene rings is 2. The van der Waals surface area contributed by atoms with E-state index in [9.17, 15) is 0 Å². The van der Waals surface area contributed by atoms with Gasteiger partial charge in [-0.25, -0.2) is 0 Å². The normalized spacial score (nSPS) is 28.4. The molecule has 2 aliphatic rings. The Kier molecular flexibility index (Phi) is 5.08. The summed E-state index contributed by atoms with van der Waals surface area (Å²) in [5.74, 6) is 0. The Hall–Kier alpha value is -1.72. The van der Waals surface area contributed by atoms with E-state index >= 15 is 0 Å². The molecule has 0 N–H and O–H groups in total. The van der Waals surface area contributed by atoms with Gasteiger partial charge in [-0.15, -0.1) is 0 Å². The molecule has 144 valence electrons. The zero-order valence-electron chi connectivity index (χ0n) is 16.6. The second-order valence-electron chi connectivity index (χ2n) is 8.02. The molecule has 4 nitrogen and oxygen atoms in total. The van der Waals surface area contributed by atoms with Crippen LogP contribution in [-0.4, -0.2) is 26.4 Å². The van der Waals surface area contributed by atoms with E-state index in [1.165, 1.54) is 22.3 Å². The van der Waals surface area contributed by atoms with Gasteiger partial charge in [0.1, 0.15) is 0 Å². The van der Waals surface area contributed by atoms with Crippen LogP contribution in [0.5, 0.6) is 0 Å². The van der Waals surface area contributed by atoms with Crippen molar-refractivity contribution in [2.75, 3.05) is 26.4 Å². The average Bonchev–Trinajstić information content (AvgIpc) is 2.65. The van der Waals surface area contributed by atoms with Gasteiger partial charge in [0.2, 0.25) is 0 Å². The van der Waals surface area contributed by atoms with Crippen LogP contribution >= 0.6 is 0 Å². The molecule has 0 atom stereocenters. The van der Waals surface area contributed by atoms with Crippen LogP contribution in [0.1, 0.15) is 46.0 Å². The van der Waals surface area contributed by atoms with Crippen LogP contribution in [0, 0.1) is 33.1 Å². The zero-order valence-corrected chi connectivity index (χ0v) is 16.6. The molecule has 2 aromatic carbocycles. The molecule has 2 aromatic rings. The molecular weight excluding hydrogens is 340 g/mol. The van der Waals surface area contributed by atoms with E-state index in [0.717, 1.165) is 11.1 Å². The predicted octanol–water partition coefficient (Wildman–Crippen LogP) is 4.70. The second-order valence-corrected chi connectivity index (χ2v) is 8.02. The number of hydrogen-bond donors (Lipinski definition) is 0. The second kappa shape index (κ2) is 7.36. The van der Waals surface area contributed by atoms with Crippen molar-refractivity contribution in [1.29, 1.82) is 0 Å². The lowest BCUT2D eigenvalue weighted by Crippen LogP contribution is -2.49. The molecule has 4 rings (SSSR count). The van der Waals surface area contributed by atoms with E-state index in [-0.39, 0.29) is 18.0 Å². The third kappa shape index (κ3) is 3.55. The quantitative estimate of drug-likeness (QED) is 0.770. The van der Waals surface area contributed by atoms with E-state index in [0.29, 0.717) is 26.4 Å². The fourth-order valence-corrected chi connectivity index (χ4v) is 4.09. The fraction of sp³-hybridized carbons (Fsp3) is 0.478. The molecule has 0 amide bonds. The molecule has 4 heteroatoms. The van der Waals surface area contributed by atoms with Gasteiger partial charge in [-0.2, -0.15) is 0 Å². The van der Waals surface area contributed by atoms with Crippen molar-refractivity contribution < 1.29 is 18.9 Å². The van der Waals surface area contributed by atoms with Gasteiger partial charge in [0.25, 0.3) is 0 Å². The maximum absolute atomic E-state index is 6.13. The highest BCUT2D eigenvalue weighted by Gasteiger charge is 2.43. The first-order valence-electron chi connectivity index (χ1n) is 9.58. The van der Waals surface area contributed by atoms with Crippen LogP contribution in [0.15, 0.2) is 36.4 Å². The molecule has 0 radical (unpaired) electrons. The zero-order chi connectivity index (χ0) is 19.0. The first-order chi connectivity index (χ1) is 13.0. The Morgan fingerprint density at radius 2 is 0.889 bits per heavy atom. The third-order valence-electron chi connectivity index (χ3n) is 5.72. The summed E-state index contributed by atoms with van der Waals surface area (Å²) in [5.41, 5.74) is 6.82. The maximum atomic E-state index is 6.13. The molecule has 0 aromatic heterocycles. The molecule has 0 aliphatic carbocycles. The Morgan fingerprint density at radius 1 is 0.593 bits per heavy atom. The lowest BCUT2D eigenvalue weighted by Gasteiger charge is -2.44. The molecule has 0 unspecified atom stereocenters. The van der Waals surface area contributed by atoms with Gasteiger partial charge < -0.3 is 18.9 Å². The minimum absolute atomic E-state index is 0.236. The minimum Gasteiger partial charge on any atom is -0.348 e. The van der Waals surface area contributed by atoms with Crippen LogP contribution in [0.25, 0.3) is 0 Å². The molecule has 2 aliphatic heterocycles. The Morgan fingerprint density at radius 3 is 1.19 bits per heavy atom. The molecule has 0 bridgehead atoms. The van der Waals surface area contributed by atoms with Crippen molar-refractivity contribution in [2.45, 2.75) is 40.3 Å². The van der Waals surface area contributed by atoms with Crippen LogP contribution in [0.4, 0.5) is 0 Å². The summed E-state index contributed by atoms with van der Waals surface area (Å²) in [5, 5.41) is 0. The first-order valence-corrected chi connectivity index (χ1v) is 9.58. The van der Waals surface area contributed by atoms with E-state index in [2.05, 4.69) is 64.1 Å². The highest BCUT2D eigenvalue weighted by Crippen LogP contribution is 2.40. The summed E-state index contributed by atoms with van der Waals surface area (Å²) >= 11 is 0. The molecule has 1 spiro atoms. The van der Waals surface area contributed by atoms with Gasteiger partial charge in [0.15, 0.2) is 12.6 Å². The van der Waals surface area contributed by atoms with Gasteiger partial charge in [-0.3, -0.25) is 0 Å². The van der Waals surface area contributed by atoms with Crippen molar-refractivity contribution in [3.63, 3.8) is 0 Å². The fourth-order valence-electron chi connectivity index (χ4n) is 4.09. The van der Waals surface area contributed by atoms with Crippen molar-refractivity contribution in [3.05, 3.63) is 69.8 Å². The van der Waals surface area contributed by atoms with Gasteiger partial charge in [0, 0.05) is 11.1 Å². The van der Waals surface area contributed by atoms with Gasteiger partial charge in [-0.05, 0) is 49.9 Å². The maximum Gasteiger partial charge on any atom is 0.184 e. The number of aryl methyl sites for hydroxylation is 4. The number of hydrogen-bond acceptors (Lipinski definition) is 4. The predicted molar refractivity (Wildman–Crippen MR) is 104 cm³/mol. The van der Waals surface area contributed by atoms with Gasteiger partial charge in [0.05, 0.1) is 31.8 Å². The van der Waals surface area contributed by atoms with Gasteiger partial charge >= 0.3 is 0 Å². The van der Waals surface area contributed by atoms with Crippen LogP contribution in [-0.2, 0) is 18.9 Å². The number of ether oxygens (including phenoxy) is 4. The highest BCUT2D eigenvalue weighted by molar-refractivity contribution is 5.35. The van der Waals surface area contributed by atoms with Crippen LogP contribution in [0.2, 0.25) is 0 Å². The summed E-state index contributed by atoms with van der Waals surface area (Å²) in [7, 11) is 0. The van der Waals surface area contributed by atoms with E-state index in [1.54, 1.807) is 0 Å². The molecule has 27 heavy (non-hydrogen) atoms. The van der Waals surface area contributed by atoms with Crippen molar-refractivity contribution in [3.8, 4) is 0 Å². The van der Waals surface area contributed by atoms with Gasteiger partial charge in [-0.1, -0.05) is 36.4 Å². The van der Waals surface area contributed by atoms with Crippen molar-refractivity contribution >= 4 is 0 Å². The molecule has 2 fully saturated rings. The Labute approximate surface area is 161 Å². The summed E-state index contributed by atoms with van der Waals surface area (Å²) in [6.45, 7) is 10.7. The monoisotopic (exact) mass is 368 g/mol. The van der Waals surface area contributed by atoms with Crippen LogP contribution in [0.3, 0.4) is 0 Å². The summed E-state index contributed by atoms with van der Waals surface area (Å²) in [6, 6.07) is 12.5. The lowest BCUT2D eigenvalue weighted by molar-refractivity contribution is -0.307. The van der Waals surface area contributed by atoms with E-state index in [1.807, 2.05) is 0 Å². The molecular formula is C23H28O4. The molecule has 2 saturated heterocycles. The van der Waals surface area contributed by atoms with Crippen molar-refractivity contribution in [1.82, 2.24) is 0 Å². The molecule has 2 heterocycles. The SMILES string of the molecule is Cc1cccc(C)c1C1OCC2(CO1)COC(c1c(C)cccc1C)OC2. The average molecular weight is 368 g/mol. The smallest absolute Gasteiger partial charge is 0.184 e. The molecule has 0 saturated carbocycles. The Bertz CT molecular complexity index is 700. The van der Waals surface area contributed by atoms with E-state index in [4.69, 9.17) is 18.9 Å².